The molecule has 1 fully saturated rings. The van der Waals surface area contributed by atoms with Gasteiger partial charge in [0.1, 0.15) is 17.5 Å². The van der Waals surface area contributed by atoms with Gasteiger partial charge in [-0.25, -0.2) is 15.0 Å². The van der Waals surface area contributed by atoms with Gasteiger partial charge in [-0.2, -0.15) is 0 Å². The van der Waals surface area contributed by atoms with Gasteiger partial charge in [0.15, 0.2) is 0 Å². The van der Waals surface area contributed by atoms with Crippen LogP contribution in [0.3, 0.4) is 0 Å². The molecule has 0 saturated carbocycles. The summed E-state index contributed by atoms with van der Waals surface area (Å²) in [5, 5.41) is 2.93. The first-order valence-corrected chi connectivity index (χ1v) is 8.88. The number of anilines is 2. The molecular weight excluding hydrogens is 314 g/mol. The van der Waals surface area contributed by atoms with E-state index in [1.807, 2.05) is 26.0 Å². The van der Waals surface area contributed by atoms with Crippen LogP contribution in [0.2, 0.25) is 0 Å². The molecule has 1 aliphatic heterocycles. The fourth-order valence-electron chi connectivity index (χ4n) is 3.10. The van der Waals surface area contributed by atoms with Crippen molar-refractivity contribution in [1.82, 2.24) is 15.0 Å². The van der Waals surface area contributed by atoms with Crippen molar-refractivity contribution in [2.24, 2.45) is 5.92 Å². The number of hydrogen-bond donors (Lipinski definition) is 1. The van der Waals surface area contributed by atoms with Gasteiger partial charge in [0.25, 0.3) is 0 Å². The molecule has 132 valence electrons. The second kappa shape index (κ2) is 7.59. The number of carbonyl (C=O) groups excluding carboxylic acids is 1. The van der Waals surface area contributed by atoms with E-state index < -0.39 is 0 Å². The van der Waals surface area contributed by atoms with E-state index in [1.54, 1.807) is 6.20 Å². The van der Waals surface area contributed by atoms with E-state index >= 15 is 0 Å². The molecule has 0 unspecified atom stereocenters. The zero-order chi connectivity index (χ0) is 17.8. The van der Waals surface area contributed by atoms with Crippen molar-refractivity contribution in [1.29, 1.82) is 0 Å². The van der Waals surface area contributed by atoms with Gasteiger partial charge in [-0.3, -0.25) is 4.79 Å². The van der Waals surface area contributed by atoms with E-state index in [-0.39, 0.29) is 11.8 Å². The molecule has 3 rings (SSSR count). The van der Waals surface area contributed by atoms with E-state index in [0.717, 1.165) is 55.3 Å². The Morgan fingerprint density at radius 2 is 2.00 bits per heavy atom. The summed E-state index contributed by atoms with van der Waals surface area (Å²) in [5.74, 6) is 2.48. The van der Waals surface area contributed by atoms with Gasteiger partial charge in [0, 0.05) is 37.0 Å². The summed E-state index contributed by atoms with van der Waals surface area (Å²) >= 11 is 0. The van der Waals surface area contributed by atoms with Crippen molar-refractivity contribution >= 4 is 17.5 Å². The van der Waals surface area contributed by atoms with Crippen LogP contribution in [-0.4, -0.2) is 33.9 Å². The van der Waals surface area contributed by atoms with Crippen LogP contribution in [0.4, 0.5) is 11.6 Å². The van der Waals surface area contributed by atoms with E-state index in [9.17, 15) is 4.79 Å². The van der Waals surface area contributed by atoms with Crippen LogP contribution in [0.1, 0.15) is 36.8 Å². The maximum Gasteiger partial charge on any atom is 0.228 e. The Bertz CT molecular complexity index is 736. The molecule has 0 atom stereocenters. The summed E-state index contributed by atoms with van der Waals surface area (Å²) in [6.07, 6.45) is 4.31. The maximum atomic E-state index is 12.5. The number of pyridine rings is 1. The van der Waals surface area contributed by atoms with Gasteiger partial charge < -0.3 is 10.2 Å². The van der Waals surface area contributed by atoms with Crippen LogP contribution in [-0.2, 0) is 11.2 Å². The third-order valence-electron chi connectivity index (χ3n) is 4.59. The van der Waals surface area contributed by atoms with Gasteiger partial charge >= 0.3 is 0 Å². The number of hydrogen-bond acceptors (Lipinski definition) is 5. The summed E-state index contributed by atoms with van der Waals surface area (Å²) < 4.78 is 0. The van der Waals surface area contributed by atoms with Gasteiger partial charge in [-0.1, -0.05) is 13.0 Å². The fourth-order valence-corrected chi connectivity index (χ4v) is 3.10. The quantitative estimate of drug-likeness (QED) is 0.927. The Morgan fingerprint density at radius 1 is 1.24 bits per heavy atom. The Hall–Kier alpha value is -2.50. The lowest BCUT2D eigenvalue weighted by Crippen LogP contribution is -2.38. The highest BCUT2D eigenvalue weighted by molar-refractivity contribution is 5.91. The predicted molar refractivity (Wildman–Crippen MR) is 98.7 cm³/mol. The summed E-state index contributed by atoms with van der Waals surface area (Å²) in [5.41, 5.74) is 2.14. The lowest BCUT2D eigenvalue weighted by molar-refractivity contribution is -0.120. The second-order valence-electron chi connectivity index (χ2n) is 6.59. The molecule has 3 heterocycles. The van der Waals surface area contributed by atoms with Crippen LogP contribution >= 0.6 is 0 Å². The molecule has 0 radical (unpaired) electrons. The molecule has 2 aromatic rings. The Kier molecular flexibility index (Phi) is 5.26. The van der Waals surface area contributed by atoms with Gasteiger partial charge in [-0.05, 0) is 44.7 Å². The molecule has 0 aliphatic carbocycles. The number of aryl methyl sites for hydroxylation is 3. The topological polar surface area (TPSA) is 71.0 Å². The van der Waals surface area contributed by atoms with Crippen LogP contribution in [0.25, 0.3) is 0 Å². The number of aromatic nitrogens is 3. The molecule has 25 heavy (non-hydrogen) atoms. The fraction of sp³-hybridized carbons (Fsp3) is 0.474. The predicted octanol–water partition coefficient (Wildman–Crippen LogP) is 2.91. The highest BCUT2D eigenvalue weighted by atomic mass is 16.1. The molecule has 0 spiro atoms. The molecule has 0 bridgehead atoms. The van der Waals surface area contributed by atoms with Crippen molar-refractivity contribution in [3.63, 3.8) is 0 Å². The number of amides is 1. The maximum absolute atomic E-state index is 12.5. The van der Waals surface area contributed by atoms with Crippen molar-refractivity contribution in [3.05, 3.63) is 41.5 Å². The number of carbonyl (C=O) groups is 1. The number of rotatable bonds is 4. The van der Waals surface area contributed by atoms with Crippen molar-refractivity contribution in [2.45, 2.75) is 40.0 Å². The Balaban J connectivity index is 1.58. The molecule has 1 saturated heterocycles. The number of nitrogens with one attached hydrogen (secondary N) is 1. The Morgan fingerprint density at radius 3 is 2.64 bits per heavy atom. The lowest BCUT2D eigenvalue weighted by atomic mass is 9.96. The first-order chi connectivity index (χ1) is 12.0. The smallest absolute Gasteiger partial charge is 0.228 e. The Labute approximate surface area is 148 Å². The highest BCUT2D eigenvalue weighted by Gasteiger charge is 2.26. The van der Waals surface area contributed by atoms with Gasteiger partial charge in [-0.15, -0.1) is 0 Å². The first kappa shape index (κ1) is 17.3. The minimum Gasteiger partial charge on any atom is -0.356 e. The van der Waals surface area contributed by atoms with Crippen molar-refractivity contribution in [2.75, 3.05) is 23.3 Å². The molecule has 2 aromatic heterocycles. The normalized spacial score (nSPS) is 15.2. The second-order valence-corrected chi connectivity index (χ2v) is 6.59. The molecule has 6 heteroatoms. The van der Waals surface area contributed by atoms with Crippen molar-refractivity contribution < 1.29 is 4.79 Å². The zero-order valence-electron chi connectivity index (χ0n) is 15.1. The van der Waals surface area contributed by atoms with E-state index in [1.165, 1.54) is 0 Å². The van der Waals surface area contributed by atoms with Crippen LogP contribution < -0.4 is 10.2 Å². The molecule has 1 N–H and O–H groups in total. The summed E-state index contributed by atoms with van der Waals surface area (Å²) in [6, 6.07) is 5.86. The SMILES string of the molecule is CCc1cc(N2CCC(C(=O)Nc3ccc(C)cn3)CC2)nc(C)n1. The molecular formula is C19H25N5O. The summed E-state index contributed by atoms with van der Waals surface area (Å²) in [4.78, 5) is 27.9. The minimum atomic E-state index is 0.0212. The first-order valence-electron chi connectivity index (χ1n) is 8.88. The lowest BCUT2D eigenvalue weighted by Gasteiger charge is -2.32. The zero-order valence-corrected chi connectivity index (χ0v) is 15.1. The van der Waals surface area contributed by atoms with Gasteiger partial charge in [0.2, 0.25) is 5.91 Å². The number of piperidine rings is 1. The number of nitrogens with zero attached hydrogens (tertiary/aromatic N) is 4. The van der Waals surface area contributed by atoms with Crippen LogP contribution in [0, 0.1) is 19.8 Å². The standard InChI is InChI=1S/C19H25N5O/c1-4-16-11-18(22-14(3)21-16)24-9-7-15(8-10-24)19(25)23-17-6-5-13(2)12-20-17/h5-6,11-12,15H,4,7-10H2,1-3H3,(H,20,23,25). The molecule has 1 amide bonds. The monoisotopic (exact) mass is 339 g/mol. The van der Waals surface area contributed by atoms with E-state index in [2.05, 4.69) is 38.2 Å². The highest BCUT2D eigenvalue weighted by Crippen LogP contribution is 2.23. The molecule has 1 aliphatic rings. The van der Waals surface area contributed by atoms with E-state index in [4.69, 9.17) is 0 Å². The van der Waals surface area contributed by atoms with Gasteiger partial charge in [0.05, 0.1) is 0 Å². The van der Waals surface area contributed by atoms with E-state index in [0.29, 0.717) is 5.82 Å². The van der Waals surface area contributed by atoms with Crippen LogP contribution in [0.15, 0.2) is 24.4 Å². The third-order valence-corrected chi connectivity index (χ3v) is 4.59. The molecule has 0 aromatic carbocycles. The van der Waals surface area contributed by atoms with Crippen molar-refractivity contribution in [3.8, 4) is 0 Å². The van der Waals surface area contributed by atoms with Crippen LogP contribution in [0.5, 0.6) is 0 Å². The summed E-state index contributed by atoms with van der Waals surface area (Å²) in [6.45, 7) is 7.67. The third kappa shape index (κ3) is 4.32. The summed E-state index contributed by atoms with van der Waals surface area (Å²) in [7, 11) is 0. The largest absolute Gasteiger partial charge is 0.356 e. The average molecular weight is 339 g/mol. The minimum absolute atomic E-state index is 0.0212. The average Bonchev–Trinajstić information content (AvgIpc) is 2.63. The molecule has 6 nitrogen and oxygen atoms in total.